The van der Waals surface area contributed by atoms with Gasteiger partial charge in [-0.3, -0.25) is 0 Å². The molecule has 2 heterocycles. The summed E-state index contributed by atoms with van der Waals surface area (Å²) in [5.41, 5.74) is 3.63. The van der Waals surface area contributed by atoms with Gasteiger partial charge in [-0.1, -0.05) is 18.2 Å². The van der Waals surface area contributed by atoms with E-state index >= 15 is 0 Å². The molecule has 3 rings (SSSR count). The fourth-order valence-corrected chi connectivity index (χ4v) is 3.47. The molecule has 2 nitrogen and oxygen atoms in total. The molecule has 0 amide bonds. The molecule has 0 bridgehead atoms. The van der Waals surface area contributed by atoms with Crippen molar-refractivity contribution in [3.05, 3.63) is 51.7 Å². The van der Waals surface area contributed by atoms with Crippen LogP contribution in [0.5, 0.6) is 0 Å². The molecular weight excluding hydrogens is 242 g/mol. The van der Waals surface area contributed by atoms with Gasteiger partial charge < -0.3 is 10.0 Å². The second-order valence-corrected chi connectivity index (χ2v) is 5.78. The highest BCUT2D eigenvalue weighted by Crippen LogP contribution is 2.32. The van der Waals surface area contributed by atoms with Crippen molar-refractivity contribution in [3.63, 3.8) is 0 Å². The molecule has 3 heteroatoms. The first-order chi connectivity index (χ1) is 8.75. The smallest absolute Gasteiger partial charge is 0.0781 e. The maximum Gasteiger partial charge on any atom is 0.0781 e. The van der Waals surface area contributed by atoms with E-state index in [9.17, 15) is 5.11 Å². The second kappa shape index (κ2) is 4.75. The third-order valence-corrected chi connectivity index (χ3v) is 4.56. The number of aliphatic hydroxyl groups excluding tert-OH is 1. The topological polar surface area (TPSA) is 23.5 Å². The summed E-state index contributed by atoms with van der Waals surface area (Å²) < 4.78 is 0. The van der Waals surface area contributed by atoms with Crippen LogP contribution in [0.15, 0.2) is 35.7 Å². The van der Waals surface area contributed by atoms with Crippen LogP contribution in [0.2, 0.25) is 0 Å². The minimum atomic E-state index is -0.412. The molecule has 0 spiro atoms. The summed E-state index contributed by atoms with van der Waals surface area (Å²) in [5.74, 6) is 0. The Morgan fingerprint density at radius 1 is 1.28 bits per heavy atom. The maximum absolute atomic E-state index is 9.87. The lowest BCUT2D eigenvalue weighted by Crippen LogP contribution is -2.30. The highest BCUT2D eigenvalue weighted by atomic mass is 32.1. The number of fused-ring (bicyclic) bond motifs is 1. The van der Waals surface area contributed by atoms with Gasteiger partial charge in [-0.15, -0.1) is 11.3 Å². The Morgan fingerprint density at radius 3 is 2.94 bits per heavy atom. The molecule has 1 aliphatic rings. The molecule has 0 fully saturated rings. The Kier molecular flexibility index (Phi) is 3.10. The summed E-state index contributed by atoms with van der Waals surface area (Å²) in [6.07, 6.45) is 0.700. The lowest BCUT2D eigenvalue weighted by atomic mass is 10.0. The standard InChI is InChI=1S/C15H17NOS/c1-11(17)13-4-2-3-5-14(13)16-8-6-15-12(10-16)7-9-18-15/h2-5,7,9,11,17H,6,8,10H2,1H3. The van der Waals surface area contributed by atoms with Gasteiger partial charge in [-0.2, -0.15) is 0 Å². The van der Waals surface area contributed by atoms with Crippen LogP contribution in [-0.2, 0) is 13.0 Å². The van der Waals surface area contributed by atoms with Crippen LogP contribution in [0.3, 0.4) is 0 Å². The van der Waals surface area contributed by atoms with Gasteiger partial charge in [-0.05, 0) is 36.4 Å². The molecule has 0 saturated carbocycles. The molecule has 1 aliphatic heterocycles. The van der Waals surface area contributed by atoms with Crippen LogP contribution in [0.25, 0.3) is 0 Å². The lowest BCUT2D eigenvalue weighted by molar-refractivity contribution is 0.199. The first kappa shape index (κ1) is 11.8. The zero-order chi connectivity index (χ0) is 12.5. The van der Waals surface area contributed by atoms with Crippen LogP contribution in [0.4, 0.5) is 5.69 Å². The highest BCUT2D eigenvalue weighted by molar-refractivity contribution is 7.10. The molecule has 0 aliphatic carbocycles. The fourth-order valence-electron chi connectivity index (χ4n) is 2.58. The minimum Gasteiger partial charge on any atom is -0.389 e. The minimum absolute atomic E-state index is 0.412. The van der Waals surface area contributed by atoms with Gasteiger partial charge in [0.05, 0.1) is 6.10 Å². The Balaban J connectivity index is 1.93. The summed E-state index contributed by atoms with van der Waals surface area (Å²) in [6, 6.07) is 10.4. The highest BCUT2D eigenvalue weighted by Gasteiger charge is 2.20. The lowest BCUT2D eigenvalue weighted by Gasteiger charge is -2.31. The van der Waals surface area contributed by atoms with E-state index < -0.39 is 6.10 Å². The number of thiophene rings is 1. The van der Waals surface area contributed by atoms with E-state index in [2.05, 4.69) is 22.4 Å². The predicted octanol–water partition coefficient (Wildman–Crippen LogP) is 3.36. The van der Waals surface area contributed by atoms with Gasteiger partial charge in [0.25, 0.3) is 0 Å². The summed E-state index contributed by atoms with van der Waals surface area (Å²) in [7, 11) is 0. The van der Waals surface area contributed by atoms with Crippen molar-refractivity contribution < 1.29 is 5.11 Å². The van der Waals surface area contributed by atoms with Gasteiger partial charge in [0, 0.05) is 29.2 Å². The molecule has 1 aromatic carbocycles. The van der Waals surface area contributed by atoms with Crippen molar-refractivity contribution in [1.82, 2.24) is 0 Å². The quantitative estimate of drug-likeness (QED) is 0.894. The molecule has 18 heavy (non-hydrogen) atoms. The largest absolute Gasteiger partial charge is 0.389 e. The second-order valence-electron chi connectivity index (χ2n) is 4.78. The Bertz CT molecular complexity index is 547. The average molecular weight is 259 g/mol. The molecule has 1 N–H and O–H groups in total. The van der Waals surface area contributed by atoms with Gasteiger partial charge in [0.2, 0.25) is 0 Å². The normalized spacial score (nSPS) is 16.4. The number of anilines is 1. The van der Waals surface area contributed by atoms with Crippen LogP contribution in [-0.4, -0.2) is 11.7 Å². The number of para-hydroxylation sites is 1. The molecule has 0 radical (unpaired) electrons. The van der Waals surface area contributed by atoms with Crippen LogP contribution in [0, 0.1) is 0 Å². The van der Waals surface area contributed by atoms with E-state index in [-0.39, 0.29) is 0 Å². The molecule has 2 aromatic rings. The van der Waals surface area contributed by atoms with Gasteiger partial charge in [0.1, 0.15) is 0 Å². The van der Waals surface area contributed by atoms with E-state index in [1.807, 2.05) is 36.5 Å². The van der Waals surface area contributed by atoms with Crippen molar-refractivity contribution in [2.45, 2.75) is 26.0 Å². The van der Waals surface area contributed by atoms with Crippen molar-refractivity contribution in [2.24, 2.45) is 0 Å². The number of nitrogens with zero attached hydrogens (tertiary/aromatic N) is 1. The number of hydrogen-bond acceptors (Lipinski definition) is 3. The van der Waals surface area contributed by atoms with Crippen LogP contribution < -0.4 is 4.90 Å². The Morgan fingerprint density at radius 2 is 2.11 bits per heavy atom. The number of hydrogen-bond donors (Lipinski definition) is 1. The van der Waals surface area contributed by atoms with Gasteiger partial charge in [0.15, 0.2) is 0 Å². The molecular formula is C15H17NOS. The van der Waals surface area contributed by atoms with E-state index in [1.54, 1.807) is 0 Å². The zero-order valence-electron chi connectivity index (χ0n) is 10.5. The molecule has 1 unspecified atom stereocenters. The Hall–Kier alpha value is -1.32. The summed E-state index contributed by atoms with van der Waals surface area (Å²) in [4.78, 5) is 3.89. The van der Waals surface area contributed by atoms with Crippen LogP contribution >= 0.6 is 11.3 Å². The zero-order valence-corrected chi connectivity index (χ0v) is 11.3. The van der Waals surface area contributed by atoms with Crippen molar-refractivity contribution in [2.75, 3.05) is 11.4 Å². The number of aliphatic hydroxyl groups is 1. The van der Waals surface area contributed by atoms with Gasteiger partial charge in [-0.25, -0.2) is 0 Å². The summed E-state index contributed by atoms with van der Waals surface area (Å²) in [6.45, 7) is 3.83. The fraction of sp³-hybridized carbons (Fsp3) is 0.333. The predicted molar refractivity (Wildman–Crippen MR) is 76.1 cm³/mol. The van der Waals surface area contributed by atoms with E-state index in [0.29, 0.717) is 0 Å². The monoisotopic (exact) mass is 259 g/mol. The third-order valence-electron chi connectivity index (χ3n) is 3.54. The molecule has 94 valence electrons. The van der Waals surface area contributed by atoms with E-state index in [0.717, 1.165) is 25.1 Å². The first-order valence-electron chi connectivity index (χ1n) is 6.33. The van der Waals surface area contributed by atoms with Crippen molar-refractivity contribution >= 4 is 17.0 Å². The van der Waals surface area contributed by atoms with E-state index in [4.69, 9.17) is 0 Å². The van der Waals surface area contributed by atoms with Gasteiger partial charge >= 0.3 is 0 Å². The van der Waals surface area contributed by atoms with Crippen molar-refractivity contribution in [1.29, 1.82) is 0 Å². The Labute approximate surface area is 112 Å². The third kappa shape index (κ3) is 2.04. The SMILES string of the molecule is CC(O)c1ccccc1N1CCc2sccc2C1. The maximum atomic E-state index is 9.87. The molecule has 0 saturated heterocycles. The molecule has 1 aromatic heterocycles. The summed E-state index contributed by atoms with van der Waals surface area (Å²) >= 11 is 1.86. The summed E-state index contributed by atoms with van der Waals surface area (Å²) in [5, 5.41) is 12.0. The number of rotatable bonds is 2. The van der Waals surface area contributed by atoms with Crippen molar-refractivity contribution in [3.8, 4) is 0 Å². The van der Waals surface area contributed by atoms with Crippen LogP contribution in [0.1, 0.15) is 29.0 Å². The average Bonchev–Trinajstić information content (AvgIpc) is 2.85. The number of benzene rings is 1. The molecule has 1 atom stereocenters. The van der Waals surface area contributed by atoms with E-state index in [1.165, 1.54) is 16.1 Å². The first-order valence-corrected chi connectivity index (χ1v) is 7.21.